The van der Waals surface area contributed by atoms with Gasteiger partial charge in [-0.05, 0) is 37.9 Å². The molecule has 0 saturated heterocycles. The number of halogens is 2. The number of benzene rings is 1. The molecule has 0 aliphatic rings. The van der Waals surface area contributed by atoms with Crippen LogP contribution in [-0.4, -0.2) is 22.1 Å². The number of rotatable bonds is 4. The van der Waals surface area contributed by atoms with Crippen LogP contribution in [0.5, 0.6) is 5.75 Å². The second-order valence-corrected chi connectivity index (χ2v) is 5.89. The van der Waals surface area contributed by atoms with Gasteiger partial charge < -0.3 is 15.8 Å². The summed E-state index contributed by atoms with van der Waals surface area (Å²) in [7, 11) is 1.61. The van der Waals surface area contributed by atoms with Gasteiger partial charge in [0.2, 0.25) is 0 Å². The first-order valence-corrected chi connectivity index (χ1v) is 7.42. The molecule has 0 bridgehead atoms. The molecule has 2 rings (SSSR count). The highest BCUT2D eigenvalue weighted by molar-refractivity contribution is 9.11. The maximum Gasteiger partial charge on any atom is 0.148 e. The van der Waals surface area contributed by atoms with Crippen molar-refractivity contribution in [3.8, 4) is 5.75 Å². The monoisotopic (exact) mass is 416 g/mol. The Morgan fingerprint density at radius 2 is 2.00 bits per heavy atom. The zero-order valence-corrected chi connectivity index (χ0v) is 14.3. The summed E-state index contributed by atoms with van der Waals surface area (Å²) in [6, 6.07) is 3.73. The van der Waals surface area contributed by atoms with Crippen molar-refractivity contribution in [3.63, 3.8) is 0 Å². The Bertz CT molecular complexity index is 649. The predicted molar refractivity (Wildman–Crippen MR) is 89.6 cm³/mol. The molecule has 2 aromatic rings. The van der Waals surface area contributed by atoms with Crippen LogP contribution in [0, 0.1) is 0 Å². The summed E-state index contributed by atoms with van der Waals surface area (Å²) in [4.78, 5) is 8.54. The summed E-state index contributed by atoms with van der Waals surface area (Å²) in [5, 5.41) is 3.13. The Morgan fingerprint density at radius 3 is 2.55 bits per heavy atom. The third kappa shape index (κ3) is 3.44. The number of ether oxygens (including phenoxy) is 1. The number of aromatic nitrogens is 2. The van der Waals surface area contributed by atoms with E-state index in [1.54, 1.807) is 13.3 Å². The molecule has 1 heterocycles. The van der Waals surface area contributed by atoms with E-state index in [1.165, 1.54) is 6.20 Å². The van der Waals surface area contributed by atoms with Gasteiger partial charge >= 0.3 is 0 Å². The third-order valence-corrected chi connectivity index (χ3v) is 3.89. The van der Waals surface area contributed by atoms with Gasteiger partial charge in [-0.3, -0.25) is 0 Å². The summed E-state index contributed by atoms with van der Waals surface area (Å²) >= 11 is 11.7. The highest BCUT2D eigenvalue weighted by Crippen LogP contribution is 2.35. The van der Waals surface area contributed by atoms with Gasteiger partial charge in [-0.15, -0.1) is 0 Å². The lowest BCUT2D eigenvalue weighted by Crippen LogP contribution is -2.12. The summed E-state index contributed by atoms with van der Waals surface area (Å²) in [5.74, 6) is 1.29. The van der Waals surface area contributed by atoms with E-state index in [2.05, 4.69) is 47.1 Å². The number of hydrogen-bond acceptors (Lipinski definition) is 5. The molecule has 0 aliphatic carbocycles. The van der Waals surface area contributed by atoms with Crippen LogP contribution in [0.25, 0.3) is 0 Å². The molecule has 104 valence electrons. The largest absolute Gasteiger partial charge is 0.495 e. The van der Waals surface area contributed by atoms with E-state index in [1.807, 2.05) is 12.1 Å². The van der Waals surface area contributed by atoms with Gasteiger partial charge in [-0.2, -0.15) is 0 Å². The van der Waals surface area contributed by atoms with E-state index in [9.17, 15) is 0 Å². The Morgan fingerprint density at radius 1 is 1.25 bits per heavy atom. The van der Waals surface area contributed by atoms with Gasteiger partial charge in [0.15, 0.2) is 0 Å². The average Bonchev–Trinajstić information content (AvgIpc) is 2.42. The molecular weight excluding hydrogens is 408 g/mol. The van der Waals surface area contributed by atoms with Gasteiger partial charge in [0.05, 0.1) is 29.7 Å². The summed E-state index contributed by atoms with van der Waals surface area (Å²) in [6.07, 6.45) is 3.09. The normalized spacial score (nSPS) is 10.2. The van der Waals surface area contributed by atoms with Crippen molar-refractivity contribution in [2.24, 2.45) is 5.73 Å². The number of hydrogen-bond donors (Lipinski definition) is 2. The minimum atomic E-state index is 0.218. The Balaban J connectivity index is 2.27. The molecule has 0 saturated carbocycles. The van der Waals surface area contributed by atoms with E-state index in [0.29, 0.717) is 17.3 Å². The molecule has 0 unspecified atom stereocenters. The van der Waals surface area contributed by atoms with Gasteiger partial charge in [-0.1, -0.05) is 12.2 Å². The Labute approximate surface area is 138 Å². The zero-order valence-electron chi connectivity index (χ0n) is 10.4. The third-order valence-electron chi connectivity index (χ3n) is 2.41. The predicted octanol–water partition coefficient (Wildman–Crippen LogP) is 3.39. The molecular formula is C12H10Br2N4OS. The molecule has 0 aliphatic heterocycles. The van der Waals surface area contributed by atoms with Crippen molar-refractivity contribution in [2.75, 3.05) is 12.4 Å². The number of anilines is 2. The van der Waals surface area contributed by atoms with Crippen LogP contribution < -0.4 is 15.8 Å². The molecule has 0 amide bonds. The Hall–Kier alpha value is -1.25. The minimum absolute atomic E-state index is 0.218. The van der Waals surface area contributed by atoms with Crippen molar-refractivity contribution >= 4 is 60.6 Å². The molecule has 8 heteroatoms. The zero-order chi connectivity index (χ0) is 14.7. The highest BCUT2D eigenvalue weighted by Gasteiger charge is 2.08. The number of nitrogens with zero attached hydrogens (tertiary/aromatic N) is 2. The van der Waals surface area contributed by atoms with Crippen LogP contribution in [0.1, 0.15) is 5.69 Å². The molecule has 1 aromatic carbocycles. The van der Waals surface area contributed by atoms with E-state index in [4.69, 9.17) is 22.7 Å². The Kier molecular flexibility index (Phi) is 4.90. The standard InChI is InChI=1S/C12H10Br2N4OS/c1-19-10-3-8(6(13)2-7(10)14)18-11-5-16-9(4-17-11)12(15)20/h2-5H,1H3,(H2,15,20)(H,17,18). The second-order valence-electron chi connectivity index (χ2n) is 3.74. The van der Waals surface area contributed by atoms with Gasteiger partial charge in [0.1, 0.15) is 22.2 Å². The lowest BCUT2D eigenvalue weighted by atomic mass is 10.3. The fourth-order valence-corrected chi connectivity index (χ4v) is 2.80. The topological polar surface area (TPSA) is 73.1 Å². The molecule has 1 aromatic heterocycles. The van der Waals surface area contributed by atoms with Crippen LogP contribution in [0.2, 0.25) is 0 Å². The number of methoxy groups -OCH3 is 1. The molecule has 5 nitrogen and oxygen atoms in total. The van der Waals surface area contributed by atoms with Crippen molar-refractivity contribution in [1.82, 2.24) is 9.97 Å². The summed E-state index contributed by atoms with van der Waals surface area (Å²) in [5.41, 5.74) is 6.77. The molecule has 3 N–H and O–H groups in total. The second kappa shape index (κ2) is 6.47. The molecule has 0 radical (unpaired) electrons. The van der Waals surface area contributed by atoms with Crippen LogP contribution in [0.4, 0.5) is 11.5 Å². The smallest absolute Gasteiger partial charge is 0.148 e. The number of nitrogens with one attached hydrogen (secondary N) is 1. The highest BCUT2D eigenvalue weighted by atomic mass is 79.9. The maximum absolute atomic E-state index is 5.47. The van der Waals surface area contributed by atoms with E-state index in [-0.39, 0.29) is 4.99 Å². The number of nitrogens with two attached hydrogens (primary N) is 1. The van der Waals surface area contributed by atoms with Crippen LogP contribution in [0.15, 0.2) is 33.5 Å². The van der Waals surface area contributed by atoms with E-state index in [0.717, 1.165) is 14.6 Å². The van der Waals surface area contributed by atoms with E-state index >= 15 is 0 Å². The fraction of sp³-hybridized carbons (Fsp3) is 0.0833. The summed E-state index contributed by atoms with van der Waals surface area (Å²) < 4.78 is 6.97. The molecule has 0 spiro atoms. The molecule has 20 heavy (non-hydrogen) atoms. The molecule has 0 atom stereocenters. The first-order valence-electron chi connectivity index (χ1n) is 5.43. The maximum atomic E-state index is 5.47. The van der Waals surface area contributed by atoms with Gasteiger partial charge in [-0.25, -0.2) is 9.97 Å². The van der Waals surface area contributed by atoms with Crippen LogP contribution >= 0.6 is 44.1 Å². The SMILES string of the molecule is COc1cc(Nc2cnc(C(N)=S)cn2)c(Br)cc1Br. The first kappa shape index (κ1) is 15.1. The fourth-order valence-electron chi connectivity index (χ4n) is 1.44. The average molecular weight is 418 g/mol. The van der Waals surface area contributed by atoms with Crippen molar-refractivity contribution in [1.29, 1.82) is 0 Å². The minimum Gasteiger partial charge on any atom is -0.495 e. The van der Waals surface area contributed by atoms with Gasteiger partial charge in [0, 0.05) is 10.5 Å². The van der Waals surface area contributed by atoms with Crippen molar-refractivity contribution < 1.29 is 4.74 Å². The van der Waals surface area contributed by atoms with E-state index < -0.39 is 0 Å². The van der Waals surface area contributed by atoms with Crippen molar-refractivity contribution in [2.45, 2.75) is 0 Å². The molecule has 0 fully saturated rings. The first-order chi connectivity index (χ1) is 9.51. The number of thiocarbonyl (C=S) groups is 1. The quantitative estimate of drug-likeness (QED) is 0.742. The lowest BCUT2D eigenvalue weighted by molar-refractivity contribution is 0.412. The summed E-state index contributed by atoms with van der Waals surface area (Å²) in [6.45, 7) is 0. The van der Waals surface area contributed by atoms with Crippen molar-refractivity contribution in [3.05, 3.63) is 39.2 Å². The van der Waals surface area contributed by atoms with Crippen LogP contribution in [0.3, 0.4) is 0 Å². The van der Waals surface area contributed by atoms with Crippen LogP contribution in [-0.2, 0) is 0 Å². The lowest BCUT2D eigenvalue weighted by Gasteiger charge is -2.11. The van der Waals surface area contributed by atoms with Gasteiger partial charge in [0.25, 0.3) is 0 Å².